The van der Waals surface area contributed by atoms with Gasteiger partial charge in [-0.05, 0) is 25.8 Å². The van der Waals surface area contributed by atoms with E-state index >= 15 is 0 Å². The molecule has 1 aromatic heterocycles. The molecule has 5 heteroatoms. The largest absolute Gasteiger partial charge is 0.294 e. The van der Waals surface area contributed by atoms with Crippen LogP contribution in [0.15, 0.2) is 0 Å². The Labute approximate surface area is 123 Å². The van der Waals surface area contributed by atoms with Gasteiger partial charge in [0.2, 0.25) is 0 Å². The predicted octanol–water partition coefficient (Wildman–Crippen LogP) is 3.39. The minimum Gasteiger partial charge on any atom is -0.294 e. The summed E-state index contributed by atoms with van der Waals surface area (Å²) in [6.45, 7) is 4.18. The molecule has 102 valence electrons. The van der Waals surface area contributed by atoms with Crippen molar-refractivity contribution in [3.05, 3.63) is 16.4 Å². The van der Waals surface area contributed by atoms with Crippen LogP contribution in [0, 0.1) is 0 Å². The van der Waals surface area contributed by atoms with E-state index in [0.29, 0.717) is 6.04 Å². The van der Waals surface area contributed by atoms with Crippen LogP contribution in [0.4, 0.5) is 0 Å². The third kappa shape index (κ3) is 2.91. The average molecular weight is 335 g/mol. The number of alkyl halides is 1. The minimum absolute atomic E-state index is 0.634. The van der Waals surface area contributed by atoms with Crippen molar-refractivity contribution in [1.29, 1.82) is 0 Å². The number of aromatic nitrogens is 2. The van der Waals surface area contributed by atoms with Gasteiger partial charge in [0, 0.05) is 25.0 Å². The van der Waals surface area contributed by atoms with E-state index in [1.807, 2.05) is 11.7 Å². The molecule has 0 saturated carbocycles. The topological polar surface area (TPSA) is 21.1 Å². The number of likely N-dealkylation sites (tertiary alicyclic amines) is 1. The standard InChI is InChI=1S/C13H21BrClN3/c1-3-11-13(15)12(17(2)16-11)9-18-7-5-4-6-10(18)8-14/h10H,3-9H2,1-2H3. The molecule has 2 heterocycles. The highest BCUT2D eigenvalue weighted by molar-refractivity contribution is 9.09. The summed E-state index contributed by atoms with van der Waals surface area (Å²) in [7, 11) is 1.99. The molecule has 1 fully saturated rings. The molecule has 1 aliphatic rings. The average Bonchev–Trinajstić information content (AvgIpc) is 2.66. The Bertz CT molecular complexity index is 405. The van der Waals surface area contributed by atoms with E-state index in [1.165, 1.54) is 25.8 Å². The van der Waals surface area contributed by atoms with Gasteiger partial charge in [0.15, 0.2) is 0 Å². The molecule has 0 aliphatic carbocycles. The molecule has 0 amide bonds. The van der Waals surface area contributed by atoms with Crippen molar-refractivity contribution < 1.29 is 0 Å². The van der Waals surface area contributed by atoms with Crippen molar-refractivity contribution >= 4 is 27.5 Å². The third-order valence-electron chi connectivity index (χ3n) is 3.78. The zero-order chi connectivity index (χ0) is 13.1. The van der Waals surface area contributed by atoms with Crippen molar-refractivity contribution in [2.24, 2.45) is 7.05 Å². The molecule has 0 radical (unpaired) electrons. The maximum atomic E-state index is 6.42. The van der Waals surface area contributed by atoms with Crippen LogP contribution in [0.25, 0.3) is 0 Å². The van der Waals surface area contributed by atoms with Crippen LogP contribution in [0.3, 0.4) is 0 Å². The molecule has 0 aromatic carbocycles. The SMILES string of the molecule is CCc1nn(C)c(CN2CCCCC2CBr)c1Cl. The number of halogens is 2. The Morgan fingerprint density at radius 2 is 2.22 bits per heavy atom. The first kappa shape index (κ1) is 14.4. The fourth-order valence-corrected chi connectivity index (χ4v) is 3.71. The van der Waals surface area contributed by atoms with Crippen LogP contribution in [0.2, 0.25) is 5.02 Å². The Morgan fingerprint density at radius 1 is 1.44 bits per heavy atom. The van der Waals surface area contributed by atoms with E-state index in [1.54, 1.807) is 0 Å². The van der Waals surface area contributed by atoms with Gasteiger partial charge < -0.3 is 0 Å². The van der Waals surface area contributed by atoms with E-state index in [4.69, 9.17) is 11.6 Å². The molecule has 1 atom stereocenters. The Kier molecular flexibility index (Phi) is 5.10. The maximum Gasteiger partial charge on any atom is 0.0863 e. The molecule has 0 N–H and O–H groups in total. The molecule has 1 aliphatic heterocycles. The molecule has 18 heavy (non-hydrogen) atoms. The first-order valence-corrected chi connectivity index (χ1v) is 8.17. The van der Waals surface area contributed by atoms with Crippen LogP contribution in [0.5, 0.6) is 0 Å². The quantitative estimate of drug-likeness (QED) is 0.787. The summed E-state index contributed by atoms with van der Waals surface area (Å²) in [5.74, 6) is 0. The Morgan fingerprint density at radius 3 is 2.83 bits per heavy atom. The summed E-state index contributed by atoms with van der Waals surface area (Å²) in [4.78, 5) is 2.53. The smallest absolute Gasteiger partial charge is 0.0863 e. The van der Waals surface area contributed by atoms with Gasteiger partial charge in [-0.15, -0.1) is 0 Å². The van der Waals surface area contributed by atoms with Gasteiger partial charge in [0.1, 0.15) is 0 Å². The van der Waals surface area contributed by atoms with Crippen LogP contribution in [-0.2, 0) is 20.0 Å². The van der Waals surface area contributed by atoms with Gasteiger partial charge >= 0.3 is 0 Å². The fraction of sp³-hybridized carbons (Fsp3) is 0.769. The number of hydrogen-bond acceptors (Lipinski definition) is 2. The molecule has 1 unspecified atom stereocenters. The molecule has 0 bridgehead atoms. The van der Waals surface area contributed by atoms with E-state index in [0.717, 1.165) is 34.7 Å². The number of piperidine rings is 1. The maximum absolute atomic E-state index is 6.42. The third-order valence-corrected chi connectivity index (χ3v) is 4.97. The lowest BCUT2D eigenvalue weighted by Gasteiger charge is -2.34. The monoisotopic (exact) mass is 333 g/mol. The van der Waals surface area contributed by atoms with Crippen LogP contribution in [-0.4, -0.2) is 32.6 Å². The first-order chi connectivity index (χ1) is 8.67. The van der Waals surface area contributed by atoms with Crippen molar-refractivity contribution in [3.63, 3.8) is 0 Å². The van der Waals surface area contributed by atoms with E-state index in [9.17, 15) is 0 Å². The minimum atomic E-state index is 0.634. The first-order valence-electron chi connectivity index (χ1n) is 6.67. The summed E-state index contributed by atoms with van der Waals surface area (Å²) in [5, 5.41) is 6.40. The van der Waals surface area contributed by atoms with Gasteiger partial charge in [-0.1, -0.05) is 40.9 Å². The number of rotatable bonds is 4. The predicted molar refractivity (Wildman–Crippen MR) is 79.4 cm³/mol. The highest BCUT2D eigenvalue weighted by Crippen LogP contribution is 2.26. The lowest BCUT2D eigenvalue weighted by Crippen LogP contribution is -2.40. The number of aryl methyl sites for hydroxylation is 2. The molecule has 1 saturated heterocycles. The van der Waals surface area contributed by atoms with Crippen molar-refractivity contribution in [3.8, 4) is 0 Å². The lowest BCUT2D eigenvalue weighted by atomic mass is 10.0. The van der Waals surface area contributed by atoms with Crippen LogP contribution >= 0.6 is 27.5 Å². The Hall–Kier alpha value is -0.0600. The number of nitrogens with zero attached hydrogens (tertiary/aromatic N) is 3. The van der Waals surface area contributed by atoms with Crippen molar-refractivity contribution in [1.82, 2.24) is 14.7 Å². The van der Waals surface area contributed by atoms with Gasteiger partial charge in [0.25, 0.3) is 0 Å². The summed E-state index contributed by atoms with van der Waals surface area (Å²) in [6.07, 6.45) is 4.81. The van der Waals surface area contributed by atoms with Gasteiger partial charge in [-0.3, -0.25) is 9.58 Å². The summed E-state index contributed by atoms with van der Waals surface area (Å²) in [6, 6.07) is 0.634. The summed E-state index contributed by atoms with van der Waals surface area (Å²) in [5.41, 5.74) is 2.17. The molecular formula is C13H21BrClN3. The highest BCUT2D eigenvalue weighted by atomic mass is 79.9. The summed E-state index contributed by atoms with van der Waals surface area (Å²) >= 11 is 10.0. The normalized spacial score (nSPS) is 21.4. The van der Waals surface area contributed by atoms with E-state index in [-0.39, 0.29) is 0 Å². The molecule has 1 aromatic rings. The second-order valence-corrected chi connectivity index (χ2v) is 5.98. The van der Waals surface area contributed by atoms with Gasteiger partial charge in [0.05, 0.1) is 16.4 Å². The van der Waals surface area contributed by atoms with Crippen molar-refractivity contribution in [2.45, 2.75) is 45.2 Å². The summed E-state index contributed by atoms with van der Waals surface area (Å²) < 4.78 is 1.95. The van der Waals surface area contributed by atoms with Crippen molar-refractivity contribution in [2.75, 3.05) is 11.9 Å². The molecule has 3 nitrogen and oxygen atoms in total. The Balaban J connectivity index is 2.15. The highest BCUT2D eigenvalue weighted by Gasteiger charge is 2.24. The zero-order valence-electron chi connectivity index (χ0n) is 11.1. The second-order valence-electron chi connectivity index (χ2n) is 4.96. The zero-order valence-corrected chi connectivity index (χ0v) is 13.5. The van der Waals surface area contributed by atoms with Crippen LogP contribution < -0.4 is 0 Å². The molecule has 0 spiro atoms. The number of hydrogen-bond donors (Lipinski definition) is 0. The van der Waals surface area contributed by atoms with E-state index < -0.39 is 0 Å². The lowest BCUT2D eigenvalue weighted by molar-refractivity contribution is 0.153. The fourth-order valence-electron chi connectivity index (χ4n) is 2.63. The second kappa shape index (κ2) is 6.40. The van der Waals surface area contributed by atoms with Gasteiger partial charge in [-0.2, -0.15) is 5.10 Å². The van der Waals surface area contributed by atoms with Crippen LogP contribution in [0.1, 0.15) is 37.6 Å². The van der Waals surface area contributed by atoms with Gasteiger partial charge in [-0.25, -0.2) is 0 Å². The molecule has 2 rings (SSSR count). The molecular weight excluding hydrogens is 314 g/mol. The van der Waals surface area contributed by atoms with E-state index in [2.05, 4.69) is 32.9 Å².